The fourth-order valence-electron chi connectivity index (χ4n) is 5.50. The van der Waals surface area contributed by atoms with E-state index in [4.69, 9.17) is 16.6 Å². The number of nitrogens with zero attached hydrogens (tertiary/aromatic N) is 5. The molecule has 10 nitrogen and oxygen atoms in total. The van der Waals surface area contributed by atoms with Gasteiger partial charge in [0.2, 0.25) is 0 Å². The molecule has 1 amide bonds. The molecule has 3 heterocycles. The zero-order chi connectivity index (χ0) is 33.6. The summed E-state index contributed by atoms with van der Waals surface area (Å²) in [7, 11) is -1.45. The Morgan fingerprint density at radius 2 is 1.70 bits per heavy atom. The summed E-state index contributed by atoms with van der Waals surface area (Å²) in [5.74, 6) is -0.942. The van der Waals surface area contributed by atoms with Crippen LogP contribution >= 0.6 is 11.6 Å². The molecule has 0 spiro atoms. The number of aromatic nitrogens is 4. The van der Waals surface area contributed by atoms with Gasteiger partial charge >= 0.3 is 0 Å². The molecule has 13 heteroatoms. The largest absolute Gasteiger partial charge is 0.346 e. The number of hydrogen-bond acceptors (Lipinski definition) is 5. The van der Waals surface area contributed by atoms with Gasteiger partial charge in [0.1, 0.15) is 22.0 Å². The van der Waals surface area contributed by atoms with Crippen LogP contribution in [0.15, 0.2) is 101 Å². The molecule has 0 aliphatic rings. The smallest absolute Gasteiger partial charge is 0.296 e. The molecular weight excluding hydrogens is 643 g/mol. The van der Waals surface area contributed by atoms with E-state index in [0.717, 1.165) is 9.87 Å². The summed E-state index contributed by atoms with van der Waals surface area (Å²) in [5, 5.41) is 2.75. The minimum atomic E-state index is -4.40. The Balaban J connectivity index is 1.32. The lowest BCUT2D eigenvalue weighted by molar-refractivity contribution is 0.0950. The molecule has 0 atom stereocenters. The van der Waals surface area contributed by atoms with Crippen LogP contribution in [-0.4, -0.2) is 40.1 Å². The van der Waals surface area contributed by atoms with Crippen molar-refractivity contribution in [3.8, 4) is 16.9 Å². The third-order valence-corrected chi connectivity index (χ3v) is 10.3. The van der Waals surface area contributed by atoms with Crippen molar-refractivity contribution >= 4 is 38.9 Å². The Labute approximate surface area is 275 Å². The van der Waals surface area contributed by atoms with Crippen LogP contribution in [-0.2, 0) is 23.6 Å². The first-order chi connectivity index (χ1) is 22.4. The molecule has 0 bridgehead atoms. The number of rotatable bonds is 8. The number of carbonyl (C=O) groups is 1. The van der Waals surface area contributed by atoms with Gasteiger partial charge in [-0.2, -0.15) is 0 Å². The van der Waals surface area contributed by atoms with E-state index >= 15 is 0 Å². The van der Waals surface area contributed by atoms with Crippen LogP contribution in [0.25, 0.3) is 22.6 Å². The number of sulfonamides is 1. The van der Waals surface area contributed by atoms with Crippen molar-refractivity contribution in [3.05, 3.63) is 135 Å². The Hall–Kier alpha value is -5.20. The fraction of sp³-hybridized carbons (Fsp3) is 0.147. The van der Waals surface area contributed by atoms with Gasteiger partial charge < -0.3 is 9.72 Å². The molecule has 0 fully saturated rings. The highest BCUT2D eigenvalue weighted by Gasteiger charge is 2.31. The predicted octanol–water partition coefficient (Wildman–Crippen LogP) is 5.66. The number of aryl methyl sites for hydroxylation is 1. The average Bonchev–Trinajstić information content (AvgIpc) is 3.52. The summed E-state index contributed by atoms with van der Waals surface area (Å²) in [6, 6.07) is 22.5. The number of imidazole rings is 1. The van der Waals surface area contributed by atoms with Gasteiger partial charge in [0.15, 0.2) is 0 Å². The number of carbonyl (C=O) groups excluding carboxylic acids is 1. The van der Waals surface area contributed by atoms with Crippen molar-refractivity contribution in [2.45, 2.75) is 25.3 Å². The monoisotopic (exact) mass is 672 g/mol. The summed E-state index contributed by atoms with van der Waals surface area (Å²) in [4.78, 5) is 31.4. The quantitative estimate of drug-likeness (QED) is 0.225. The molecule has 0 aliphatic heterocycles. The van der Waals surface area contributed by atoms with Gasteiger partial charge in [-0.15, -0.1) is 0 Å². The summed E-state index contributed by atoms with van der Waals surface area (Å²) < 4.78 is 47.3. The minimum Gasteiger partial charge on any atom is -0.346 e. The Morgan fingerprint density at radius 3 is 2.40 bits per heavy atom. The lowest BCUT2D eigenvalue weighted by atomic mass is 10.1. The Morgan fingerprint density at radius 1 is 1.00 bits per heavy atom. The van der Waals surface area contributed by atoms with Gasteiger partial charge in [-0.25, -0.2) is 22.5 Å². The van der Waals surface area contributed by atoms with Gasteiger partial charge in [0, 0.05) is 31.4 Å². The lowest BCUT2D eigenvalue weighted by Gasteiger charge is -2.19. The Kier molecular flexibility index (Phi) is 8.24. The van der Waals surface area contributed by atoms with Crippen LogP contribution in [0.4, 0.5) is 10.1 Å². The standard InChI is InChI=1S/C34H30ClFN6O4S/c1-21-10-17-30-38-31(23-11-14-25(36)15-12-23)28(41(30)20-21)19-37-33(43)24-13-16-27(35)29(18-24)47(45,46)40(4)32-22(2)39(3)42(34(32)44)26-8-6-5-7-9-26/h5-18,20H,19H2,1-4H3,(H,37,43). The molecule has 0 radical (unpaired) electrons. The molecule has 0 saturated heterocycles. The number of amides is 1. The van der Waals surface area contributed by atoms with E-state index in [1.807, 2.05) is 35.7 Å². The number of anilines is 1. The second-order valence-electron chi connectivity index (χ2n) is 11.1. The van der Waals surface area contributed by atoms with Crippen molar-refractivity contribution < 1.29 is 17.6 Å². The SMILES string of the molecule is Cc1ccc2nc(-c3ccc(F)cc3)c(CNC(=O)c3ccc(Cl)c(S(=O)(=O)N(C)c4c(C)n(C)n(-c5ccccc5)c4=O)c3)n2c1. The second-order valence-corrected chi connectivity index (χ2v) is 13.4. The molecule has 6 aromatic rings. The molecule has 47 heavy (non-hydrogen) atoms. The highest BCUT2D eigenvalue weighted by molar-refractivity contribution is 7.93. The number of fused-ring (bicyclic) bond motifs is 1. The lowest BCUT2D eigenvalue weighted by Crippen LogP contribution is -2.32. The van der Waals surface area contributed by atoms with Crippen LogP contribution in [0.1, 0.15) is 27.3 Å². The van der Waals surface area contributed by atoms with Gasteiger partial charge in [0.25, 0.3) is 21.5 Å². The van der Waals surface area contributed by atoms with Crippen LogP contribution in [0, 0.1) is 19.7 Å². The summed E-state index contributed by atoms with van der Waals surface area (Å²) >= 11 is 6.40. The first-order valence-corrected chi connectivity index (χ1v) is 16.3. The van der Waals surface area contributed by atoms with Gasteiger partial charge in [-0.1, -0.05) is 35.9 Å². The van der Waals surface area contributed by atoms with E-state index in [9.17, 15) is 22.4 Å². The normalized spacial score (nSPS) is 11.6. The van der Waals surface area contributed by atoms with Crippen molar-refractivity contribution in [1.82, 2.24) is 24.1 Å². The van der Waals surface area contributed by atoms with Crippen molar-refractivity contribution in [3.63, 3.8) is 0 Å². The van der Waals surface area contributed by atoms with Crippen LogP contribution in [0.2, 0.25) is 5.02 Å². The van der Waals surface area contributed by atoms with E-state index in [1.54, 1.807) is 55.1 Å². The molecule has 0 aliphatic carbocycles. The number of nitrogens with one attached hydrogen (secondary N) is 1. The summed E-state index contributed by atoms with van der Waals surface area (Å²) in [5.41, 5.74) is 3.93. The van der Waals surface area contributed by atoms with E-state index in [0.29, 0.717) is 34.0 Å². The third-order valence-electron chi connectivity index (χ3n) is 8.07. The topological polar surface area (TPSA) is 111 Å². The van der Waals surface area contributed by atoms with Crippen molar-refractivity contribution in [1.29, 1.82) is 0 Å². The first-order valence-electron chi connectivity index (χ1n) is 14.5. The number of halogens is 2. The first kappa shape index (κ1) is 31.8. The third kappa shape index (κ3) is 5.70. The number of para-hydroxylation sites is 1. The zero-order valence-corrected chi connectivity index (χ0v) is 27.5. The maximum absolute atomic E-state index is 14.0. The zero-order valence-electron chi connectivity index (χ0n) is 25.9. The van der Waals surface area contributed by atoms with Crippen molar-refractivity contribution in [2.24, 2.45) is 7.05 Å². The van der Waals surface area contributed by atoms with E-state index < -0.39 is 21.5 Å². The highest BCUT2D eigenvalue weighted by Crippen LogP contribution is 2.30. The molecule has 3 aromatic heterocycles. The fourth-order valence-corrected chi connectivity index (χ4v) is 7.25. The minimum absolute atomic E-state index is 0.0308. The number of benzene rings is 3. The van der Waals surface area contributed by atoms with Crippen LogP contribution < -0.4 is 15.2 Å². The number of pyridine rings is 1. The van der Waals surface area contributed by atoms with Gasteiger partial charge in [0.05, 0.1) is 34.3 Å². The maximum atomic E-state index is 14.0. The van der Waals surface area contributed by atoms with E-state index in [1.165, 1.54) is 42.1 Å². The Bertz CT molecular complexity index is 2330. The van der Waals surface area contributed by atoms with E-state index in [2.05, 4.69) is 5.32 Å². The molecule has 0 unspecified atom stereocenters. The molecular formula is C34H30ClFN6O4S. The summed E-state index contributed by atoms with van der Waals surface area (Å²) in [6.07, 6.45) is 1.89. The second kappa shape index (κ2) is 12.2. The molecule has 0 saturated carbocycles. The maximum Gasteiger partial charge on any atom is 0.296 e. The van der Waals surface area contributed by atoms with Crippen LogP contribution in [0.3, 0.4) is 0 Å². The summed E-state index contributed by atoms with van der Waals surface area (Å²) in [6.45, 7) is 3.61. The molecule has 3 aromatic carbocycles. The van der Waals surface area contributed by atoms with Crippen molar-refractivity contribution in [2.75, 3.05) is 11.4 Å². The van der Waals surface area contributed by atoms with Crippen LogP contribution in [0.5, 0.6) is 0 Å². The highest BCUT2D eigenvalue weighted by atomic mass is 35.5. The van der Waals surface area contributed by atoms with Gasteiger partial charge in [-0.3, -0.25) is 18.6 Å². The molecule has 6 rings (SSSR count). The average molecular weight is 673 g/mol. The molecule has 1 N–H and O–H groups in total. The number of hydrogen-bond donors (Lipinski definition) is 1. The van der Waals surface area contributed by atoms with Gasteiger partial charge in [-0.05, 0) is 80.1 Å². The molecule has 240 valence electrons. The predicted molar refractivity (Wildman–Crippen MR) is 179 cm³/mol. The van der Waals surface area contributed by atoms with E-state index in [-0.39, 0.29) is 33.5 Å².